The van der Waals surface area contributed by atoms with Crippen molar-refractivity contribution in [3.63, 3.8) is 0 Å². The number of ether oxygens (including phenoxy) is 1. The van der Waals surface area contributed by atoms with Crippen LogP contribution in [-0.2, 0) is 4.74 Å². The lowest BCUT2D eigenvalue weighted by Crippen LogP contribution is -2.71. The molecule has 2 rings (SSSR count). The molecule has 0 bridgehead atoms. The average molecular weight is 253 g/mol. The molecule has 1 aliphatic carbocycles. The summed E-state index contributed by atoms with van der Waals surface area (Å²) >= 11 is 0. The fourth-order valence-corrected chi connectivity index (χ4v) is 3.87. The summed E-state index contributed by atoms with van der Waals surface area (Å²) in [6.45, 7) is 8.79. The number of aliphatic imine (C=N–C) groups is 1. The number of guanidine groups is 1. The van der Waals surface area contributed by atoms with E-state index < -0.39 is 0 Å². The van der Waals surface area contributed by atoms with E-state index in [1.54, 1.807) is 0 Å². The van der Waals surface area contributed by atoms with Gasteiger partial charge in [-0.05, 0) is 19.3 Å². The highest BCUT2D eigenvalue weighted by Crippen LogP contribution is 2.52. The van der Waals surface area contributed by atoms with Gasteiger partial charge in [-0.1, -0.05) is 20.8 Å². The first-order chi connectivity index (χ1) is 8.69. The smallest absolute Gasteiger partial charge is 0.191 e. The van der Waals surface area contributed by atoms with Crippen molar-refractivity contribution in [2.45, 2.75) is 52.2 Å². The topological polar surface area (TPSA) is 45.7 Å². The van der Waals surface area contributed by atoms with Gasteiger partial charge in [0.25, 0.3) is 0 Å². The van der Waals surface area contributed by atoms with Crippen LogP contribution in [-0.4, -0.2) is 38.3 Å². The van der Waals surface area contributed by atoms with Crippen molar-refractivity contribution < 1.29 is 4.74 Å². The van der Waals surface area contributed by atoms with Crippen molar-refractivity contribution in [1.82, 2.24) is 10.6 Å². The van der Waals surface area contributed by atoms with E-state index in [-0.39, 0.29) is 5.41 Å². The van der Waals surface area contributed by atoms with Crippen LogP contribution in [0.25, 0.3) is 0 Å². The molecule has 4 heteroatoms. The Balaban J connectivity index is 2.08. The van der Waals surface area contributed by atoms with Gasteiger partial charge in [0.05, 0.1) is 6.10 Å². The minimum Gasteiger partial charge on any atom is -0.380 e. The maximum atomic E-state index is 5.72. The second kappa shape index (κ2) is 5.47. The summed E-state index contributed by atoms with van der Waals surface area (Å²) < 4.78 is 5.72. The van der Waals surface area contributed by atoms with Crippen molar-refractivity contribution in [3.8, 4) is 0 Å². The van der Waals surface area contributed by atoms with E-state index in [0.29, 0.717) is 18.1 Å². The Morgan fingerprint density at radius 2 is 2.17 bits per heavy atom. The van der Waals surface area contributed by atoms with Gasteiger partial charge in [-0.3, -0.25) is 4.99 Å². The summed E-state index contributed by atoms with van der Waals surface area (Å²) in [5.41, 5.74) is 0.260. The summed E-state index contributed by atoms with van der Waals surface area (Å²) in [4.78, 5) is 4.52. The fraction of sp³-hybridized carbons (Fsp3) is 0.929. The third-order valence-corrected chi connectivity index (χ3v) is 4.95. The van der Waals surface area contributed by atoms with E-state index in [9.17, 15) is 0 Å². The zero-order valence-electron chi connectivity index (χ0n) is 12.1. The first-order valence-electron chi connectivity index (χ1n) is 7.27. The van der Waals surface area contributed by atoms with Crippen LogP contribution in [0.4, 0.5) is 0 Å². The van der Waals surface area contributed by atoms with Crippen molar-refractivity contribution in [2.75, 3.05) is 20.2 Å². The zero-order chi connectivity index (χ0) is 13.2. The van der Waals surface area contributed by atoms with Crippen LogP contribution in [0, 0.1) is 11.3 Å². The van der Waals surface area contributed by atoms with Gasteiger partial charge in [0.2, 0.25) is 0 Å². The zero-order valence-corrected chi connectivity index (χ0v) is 12.1. The quantitative estimate of drug-likeness (QED) is 0.802. The highest BCUT2D eigenvalue weighted by molar-refractivity contribution is 5.80. The molecule has 104 valence electrons. The summed E-state index contributed by atoms with van der Waals surface area (Å²) in [5, 5.41) is 6.98. The van der Waals surface area contributed by atoms with Crippen LogP contribution >= 0.6 is 0 Å². The molecule has 0 radical (unpaired) electrons. The number of hydrogen-bond donors (Lipinski definition) is 2. The Morgan fingerprint density at radius 1 is 1.44 bits per heavy atom. The van der Waals surface area contributed by atoms with Gasteiger partial charge in [-0.2, -0.15) is 0 Å². The molecule has 0 amide bonds. The predicted molar refractivity (Wildman–Crippen MR) is 74.8 cm³/mol. The first-order valence-corrected chi connectivity index (χ1v) is 7.27. The summed E-state index contributed by atoms with van der Waals surface area (Å²) in [6.07, 6.45) is 3.81. The number of hydrogen-bond acceptors (Lipinski definition) is 4. The van der Waals surface area contributed by atoms with E-state index in [1.165, 1.54) is 0 Å². The Hall–Kier alpha value is -0.770. The van der Waals surface area contributed by atoms with Crippen LogP contribution in [0.2, 0.25) is 0 Å². The lowest BCUT2D eigenvalue weighted by Gasteiger charge is -2.60. The van der Waals surface area contributed by atoms with Crippen LogP contribution < -0.4 is 10.6 Å². The summed E-state index contributed by atoms with van der Waals surface area (Å²) in [7, 11) is 1.84. The van der Waals surface area contributed by atoms with Crippen molar-refractivity contribution in [1.29, 1.82) is 0 Å². The molecule has 2 N–H and O–H groups in total. The van der Waals surface area contributed by atoms with Gasteiger partial charge in [-0.25, -0.2) is 0 Å². The summed E-state index contributed by atoms with van der Waals surface area (Å²) in [6, 6.07) is 0.474. The summed E-state index contributed by atoms with van der Waals surface area (Å²) in [5.74, 6) is 1.53. The molecule has 0 aromatic heterocycles. The predicted octanol–water partition coefficient (Wildman–Crippen LogP) is 1.76. The lowest BCUT2D eigenvalue weighted by atomic mass is 9.53. The van der Waals surface area contributed by atoms with Crippen LogP contribution in [0.1, 0.15) is 40.0 Å². The second-order valence-corrected chi connectivity index (χ2v) is 5.59. The Labute approximate surface area is 111 Å². The minimum absolute atomic E-state index is 0.260. The molecule has 4 nitrogen and oxygen atoms in total. The fourth-order valence-electron chi connectivity index (χ4n) is 3.87. The molecule has 0 aromatic rings. The molecule has 1 fully saturated rings. The highest BCUT2D eigenvalue weighted by atomic mass is 16.5. The SMILES string of the molecule is CCC1(CC)C(NC2=NCCCN2)C(C)C1OC. The normalized spacial score (nSPS) is 34.2. The molecule has 1 heterocycles. The highest BCUT2D eigenvalue weighted by Gasteiger charge is 2.58. The third-order valence-electron chi connectivity index (χ3n) is 4.95. The van der Waals surface area contributed by atoms with Crippen molar-refractivity contribution in [3.05, 3.63) is 0 Å². The van der Waals surface area contributed by atoms with Gasteiger partial charge in [0, 0.05) is 37.6 Å². The number of nitrogens with one attached hydrogen (secondary N) is 2. The average Bonchev–Trinajstić information content (AvgIpc) is 2.43. The largest absolute Gasteiger partial charge is 0.380 e. The second-order valence-electron chi connectivity index (χ2n) is 5.59. The van der Waals surface area contributed by atoms with Crippen molar-refractivity contribution in [2.24, 2.45) is 16.3 Å². The molecule has 0 spiro atoms. The van der Waals surface area contributed by atoms with Gasteiger partial charge < -0.3 is 15.4 Å². The van der Waals surface area contributed by atoms with E-state index >= 15 is 0 Å². The molecule has 3 unspecified atom stereocenters. The maximum absolute atomic E-state index is 5.72. The monoisotopic (exact) mass is 253 g/mol. The number of methoxy groups -OCH3 is 1. The van der Waals surface area contributed by atoms with Crippen LogP contribution in [0.5, 0.6) is 0 Å². The van der Waals surface area contributed by atoms with Gasteiger partial charge in [-0.15, -0.1) is 0 Å². The third kappa shape index (κ3) is 2.00. The van der Waals surface area contributed by atoms with E-state index in [2.05, 4.69) is 36.4 Å². The maximum Gasteiger partial charge on any atom is 0.191 e. The van der Waals surface area contributed by atoms with Gasteiger partial charge in [0.1, 0.15) is 0 Å². The molecule has 1 saturated carbocycles. The van der Waals surface area contributed by atoms with E-state index in [4.69, 9.17) is 4.74 Å². The van der Waals surface area contributed by atoms with Gasteiger partial charge >= 0.3 is 0 Å². The molecule has 0 aromatic carbocycles. The Morgan fingerprint density at radius 3 is 2.67 bits per heavy atom. The van der Waals surface area contributed by atoms with Crippen molar-refractivity contribution >= 4 is 5.96 Å². The van der Waals surface area contributed by atoms with Crippen LogP contribution in [0.3, 0.4) is 0 Å². The molecule has 1 aliphatic heterocycles. The van der Waals surface area contributed by atoms with E-state index in [1.807, 2.05) is 7.11 Å². The Kier molecular flexibility index (Phi) is 4.15. The number of nitrogens with zero attached hydrogens (tertiary/aromatic N) is 1. The molecule has 2 aliphatic rings. The molecule has 18 heavy (non-hydrogen) atoms. The van der Waals surface area contributed by atoms with E-state index in [0.717, 1.165) is 38.3 Å². The minimum atomic E-state index is 0.260. The molecule has 3 atom stereocenters. The van der Waals surface area contributed by atoms with Gasteiger partial charge in [0.15, 0.2) is 5.96 Å². The Bertz CT molecular complexity index is 312. The molecular weight excluding hydrogens is 226 g/mol. The lowest BCUT2D eigenvalue weighted by molar-refractivity contribution is -0.163. The van der Waals surface area contributed by atoms with Crippen LogP contribution in [0.15, 0.2) is 4.99 Å². The molecular formula is C14H27N3O. The number of rotatable bonds is 4. The standard InChI is InChI=1S/C14H27N3O/c1-5-14(6-2)11(10(3)12(14)18-4)17-13-15-8-7-9-16-13/h10-12H,5-9H2,1-4H3,(H2,15,16,17). The molecule has 0 saturated heterocycles. The first kappa shape index (κ1) is 13.7.